The van der Waals surface area contributed by atoms with Crippen molar-refractivity contribution in [3.63, 3.8) is 0 Å². The van der Waals surface area contributed by atoms with Crippen molar-refractivity contribution in [2.24, 2.45) is 47.3 Å². The van der Waals surface area contributed by atoms with Crippen molar-refractivity contribution in [1.29, 1.82) is 0 Å². The second-order valence-electron chi connectivity index (χ2n) is 35.0. The van der Waals surface area contributed by atoms with Crippen LogP contribution in [-0.2, 0) is 81.3 Å². The van der Waals surface area contributed by atoms with Crippen LogP contribution in [0.25, 0.3) is 0 Å². The summed E-state index contributed by atoms with van der Waals surface area (Å²) in [6, 6.07) is 59.2. The Balaban J connectivity index is 1.05. The van der Waals surface area contributed by atoms with Crippen LogP contribution < -0.4 is 0 Å². The molecule has 2 heterocycles. The molecular weight excluding hydrogens is 1520 g/mol. The SMILES string of the molecule is [2H]C(O[C@H]1[C@H](OC([2H])c2ccccc2)[C@@H](OC([2H])c2ccccc2)C(OC[C@@H](COCC[C@H](C)CCC[C@H](C)CCC[C@H](C)CCCC(C)C)OCC[C@H](C)CCC[C@H](C)CCC[C@H](C)CCCC(C)C)O[C@@H]1CO[C@@H]1O[C@H](COC(=O)c2ccccc2)[C@@H](OC(=O)c2ccccc2)[C@H](OC(=O)c2ccccc2)[C@H]1OC(=O)c1ccccc1)c1ccccc1. The predicted octanol–water partition coefficient (Wildman–Crippen LogP) is 23.1. The zero-order valence-electron chi connectivity index (χ0n) is 76.7. The minimum Gasteiger partial charge on any atom is -0.459 e. The number of esters is 4. The third kappa shape index (κ3) is 35.7. The Morgan fingerprint density at radius 3 is 1.02 bits per heavy atom. The highest BCUT2D eigenvalue weighted by atomic mass is 16.8. The second-order valence-corrected chi connectivity index (χ2v) is 35.0. The van der Waals surface area contributed by atoms with Crippen LogP contribution in [0.1, 0.15) is 260 Å². The van der Waals surface area contributed by atoms with Crippen LogP contribution in [0.3, 0.4) is 0 Å². The number of rotatable bonds is 57. The van der Waals surface area contributed by atoms with Gasteiger partial charge in [-0.1, -0.05) is 349 Å². The first-order chi connectivity index (χ1) is 60.0. The zero-order valence-corrected chi connectivity index (χ0v) is 73.7. The summed E-state index contributed by atoms with van der Waals surface area (Å²) in [5.74, 6) is 1.62. The van der Waals surface area contributed by atoms with Gasteiger partial charge in [-0.3, -0.25) is 0 Å². The second kappa shape index (κ2) is 54.6. The van der Waals surface area contributed by atoms with E-state index >= 15 is 0 Å². The Hall–Kier alpha value is -7.94. The maximum absolute atomic E-state index is 14.9. The van der Waals surface area contributed by atoms with E-state index in [1.807, 2.05) is 18.2 Å². The van der Waals surface area contributed by atoms with E-state index in [2.05, 4.69) is 69.2 Å². The van der Waals surface area contributed by atoms with Gasteiger partial charge in [0, 0.05) is 13.2 Å². The van der Waals surface area contributed by atoms with Gasteiger partial charge in [0.25, 0.3) is 0 Å². The fraction of sp³-hybridized carbons (Fsp3) is 0.558. The van der Waals surface area contributed by atoms with Gasteiger partial charge in [0.2, 0.25) is 0 Å². The summed E-state index contributed by atoms with van der Waals surface area (Å²) in [5, 5.41) is 0. The van der Waals surface area contributed by atoms with Gasteiger partial charge in [0.15, 0.2) is 30.9 Å². The molecule has 2 aliphatic heterocycles. The molecule has 0 saturated carbocycles. The van der Waals surface area contributed by atoms with Gasteiger partial charge in [-0.05, 0) is 125 Å². The standard InChI is InChI=1S/C104H142O17/c1-75(2)38-32-40-77(5)42-34-44-79(7)46-36-48-81(9)64-66-109-71-90(110-67-65-82(10)49-37-47-80(8)45-35-43-78(6)41-33-39-76(3)4)72-115-103-97(113-70-85-54-22-13-23-55-85)95(112-69-84-52-20-12-21-53-84)93(111-68-83-50-18-11-19-51-83)91(117-103)74-116-104-98(121-102(108)89-62-30-17-31-63-89)96(120-101(107)88-60-28-16-29-61-88)94(119-100(106)87-58-26-15-27-59-87)92(118-104)73-114-99(105)86-56-24-14-25-57-86/h11-31,50-63,75-82,90-98,103-104H,32-49,64-74H2,1-10H3/t77-,78-,79-,80-,81-,82-,90-,91-,92-,93-,94-,95+,96+,97-,98-,103?,104-/m1/s1/i68D,69D,70D/t68?,69?,70?,77-,78-,79-,80-,81-,82-,90-,91-,92-,93-,94-,95+,96+,97-,98-,103?,104-. The van der Waals surface area contributed by atoms with Crippen LogP contribution in [0.2, 0.25) is 0 Å². The van der Waals surface area contributed by atoms with E-state index in [9.17, 15) is 23.3 Å². The number of carbonyl (C=O) groups is 4. The number of ether oxygens (including phenoxy) is 13. The summed E-state index contributed by atoms with van der Waals surface area (Å²) in [6.07, 6.45) is 7.18. The third-order valence-corrected chi connectivity index (χ3v) is 23.2. The van der Waals surface area contributed by atoms with Gasteiger partial charge in [-0.2, -0.15) is 0 Å². The molecule has 2 saturated heterocycles. The molecule has 4 unspecified atom stereocenters. The average molecular weight is 1670 g/mol. The van der Waals surface area contributed by atoms with Gasteiger partial charge >= 0.3 is 23.9 Å². The Morgan fingerprint density at radius 1 is 0.306 bits per heavy atom. The maximum atomic E-state index is 14.9. The molecule has 121 heavy (non-hydrogen) atoms. The highest BCUT2D eigenvalue weighted by molar-refractivity contribution is 5.91. The van der Waals surface area contributed by atoms with Gasteiger partial charge in [-0.25, -0.2) is 19.2 Å². The van der Waals surface area contributed by atoms with Crippen molar-refractivity contribution in [2.45, 2.75) is 285 Å². The van der Waals surface area contributed by atoms with E-state index < -0.39 is 124 Å². The lowest BCUT2D eigenvalue weighted by Crippen LogP contribution is -2.64. The molecule has 7 aromatic carbocycles. The molecule has 2 aliphatic rings. The third-order valence-electron chi connectivity index (χ3n) is 23.2. The first-order valence-corrected chi connectivity index (χ1v) is 45.2. The topological polar surface area (TPSA) is 188 Å². The Morgan fingerprint density at radius 2 is 0.620 bits per heavy atom. The molecule has 660 valence electrons. The first kappa shape index (κ1) is 92.2. The average Bonchev–Trinajstić information content (AvgIpc) is 0.770. The minimum absolute atomic E-state index is 0.0832. The lowest BCUT2D eigenvalue weighted by Gasteiger charge is -2.47. The molecule has 0 amide bonds. The van der Waals surface area contributed by atoms with Gasteiger partial charge in [0.05, 0.1) is 65.9 Å². The van der Waals surface area contributed by atoms with Crippen LogP contribution in [0.4, 0.5) is 0 Å². The van der Waals surface area contributed by atoms with Crippen LogP contribution in [-0.4, -0.2) is 131 Å². The quantitative estimate of drug-likeness (QED) is 0.0199. The highest BCUT2D eigenvalue weighted by Crippen LogP contribution is 2.37. The van der Waals surface area contributed by atoms with E-state index in [-0.39, 0.29) is 35.5 Å². The molecule has 0 N–H and O–H groups in total. The summed E-state index contributed by atoms with van der Waals surface area (Å²) in [5.41, 5.74) is 1.83. The van der Waals surface area contributed by atoms with Crippen LogP contribution in [0.5, 0.6) is 0 Å². The normalized spacial score (nSPS) is 22.1. The smallest absolute Gasteiger partial charge is 0.338 e. The minimum atomic E-state index is -1.83. The molecule has 0 radical (unpaired) electrons. The number of hydrogen-bond donors (Lipinski definition) is 0. The fourth-order valence-corrected chi connectivity index (χ4v) is 15.7. The molecule has 0 aromatic heterocycles. The fourth-order valence-electron chi connectivity index (χ4n) is 15.7. The highest BCUT2D eigenvalue weighted by Gasteiger charge is 2.56. The monoisotopic (exact) mass is 1670 g/mol. The Kier molecular flexibility index (Phi) is 41.6. The van der Waals surface area contributed by atoms with Crippen LogP contribution in [0.15, 0.2) is 212 Å². The summed E-state index contributed by atoms with van der Waals surface area (Å²) in [6.45, 7) is 18.8. The Bertz CT molecular complexity index is 4050. The van der Waals surface area contributed by atoms with E-state index in [4.69, 9.17) is 61.6 Å². The van der Waals surface area contributed by atoms with E-state index in [1.54, 1.807) is 158 Å². The van der Waals surface area contributed by atoms with Crippen molar-refractivity contribution in [2.75, 3.05) is 39.6 Å². The molecular formula is C104H142O17. The molecule has 20 atom stereocenters. The zero-order chi connectivity index (χ0) is 88.4. The summed E-state index contributed by atoms with van der Waals surface area (Å²) in [4.78, 5) is 58.5. The van der Waals surface area contributed by atoms with Gasteiger partial charge < -0.3 is 61.6 Å². The molecule has 9 rings (SSSR count). The van der Waals surface area contributed by atoms with E-state index in [0.717, 1.165) is 62.2 Å². The molecule has 0 bridgehead atoms. The van der Waals surface area contributed by atoms with Crippen molar-refractivity contribution in [1.82, 2.24) is 0 Å². The van der Waals surface area contributed by atoms with Crippen molar-refractivity contribution in [3.8, 4) is 0 Å². The number of carbonyl (C=O) groups excluding carboxylic acids is 4. The molecule has 7 aromatic rings. The maximum Gasteiger partial charge on any atom is 0.338 e. The van der Waals surface area contributed by atoms with Gasteiger partial charge in [0.1, 0.15) is 43.2 Å². The lowest BCUT2D eigenvalue weighted by molar-refractivity contribution is -0.346. The molecule has 17 heteroatoms. The van der Waals surface area contributed by atoms with E-state index in [1.165, 1.54) is 126 Å². The van der Waals surface area contributed by atoms with Crippen LogP contribution in [0, 0.1) is 47.3 Å². The molecule has 17 nitrogen and oxygen atoms in total. The van der Waals surface area contributed by atoms with Crippen LogP contribution >= 0.6 is 0 Å². The first-order valence-electron chi connectivity index (χ1n) is 46.9. The summed E-state index contributed by atoms with van der Waals surface area (Å²) >= 11 is 0. The number of hydrogen-bond acceptors (Lipinski definition) is 17. The summed E-state index contributed by atoms with van der Waals surface area (Å²) in [7, 11) is 0. The Labute approximate surface area is 728 Å². The molecule has 2 fully saturated rings. The molecule has 0 spiro atoms. The van der Waals surface area contributed by atoms with Gasteiger partial charge in [-0.15, -0.1) is 0 Å². The predicted molar refractivity (Wildman–Crippen MR) is 476 cm³/mol. The van der Waals surface area contributed by atoms with Crippen molar-refractivity contribution < 1.29 is 84.9 Å². The summed E-state index contributed by atoms with van der Waals surface area (Å²) < 4.78 is 118. The lowest BCUT2D eigenvalue weighted by atomic mass is 9.91. The molecule has 0 aliphatic carbocycles. The number of benzene rings is 7. The largest absolute Gasteiger partial charge is 0.459 e. The van der Waals surface area contributed by atoms with E-state index in [0.29, 0.717) is 53.6 Å². The van der Waals surface area contributed by atoms with Crippen molar-refractivity contribution in [3.05, 3.63) is 251 Å². The van der Waals surface area contributed by atoms with Crippen molar-refractivity contribution >= 4 is 23.9 Å².